The Bertz CT molecular complexity index is 364. The molecule has 60 valence electrons. The van der Waals surface area contributed by atoms with Crippen LogP contribution in [0.1, 0.15) is 0 Å². The van der Waals surface area contributed by atoms with Crippen molar-refractivity contribution in [1.29, 1.82) is 0 Å². The Morgan fingerprint density at radius 1 is 1.00 bits per heavy atom. The molecular weight excluding hydrogens is 153 g/mol. The second kappa shape index (κ2) is 2.81. The molecule has 0 spiro atoms. The third-order valence-corrected chi connectivity index (χ3v) is 1.78. The smallest absolute Gasteiger partial charge is 0.148 e. The van der Waals surface area contributed by atoms with Gasteiger partial charge in [-0.3, -0.25) is 0 Å². The van der Waals surface area contributed by atoms with Crippen LogP contribution >= 0.6 is 0 Å². The van der Waals surface area contributed by atoms with Crippen molar-refractivity contribution in [3.05, 3.63) is 48.5 Å². The van der Waals surface area contributed by atoms with Crippen LogP contribution in [0.3, 0.4) is 0 Å². The van der Waals surface area contributed by atoms with Crippen molar-refractivity contribution in [3.8, 4) is 11.1 Å². The SMILES string of the molecule is Fc1c[nH]cc1-c1ccccc1. The number of nitrogens with one attached hydrogen (secondary N) is 1. The molecule has 1 nitrogen and oxygen atoms in total. The molecule has 12 heavy (non-hydrogen) atoms. The van der Waals surface area contributed by atoms with E-state index in [9.17, 15) is 4.39 Å². The Morgan fingerprint density at radius 2 is 1.75 bits per heavy atom. The Labute approximate surface area is 69.9 Å². The quantitative estimate of drug-likeness (QED) is 0.662. The Hall–Kier alpha value is -1.57. The fourth-order valence-corrected chi connectivity index (χ4v) is 1.18. The summed E-state index contributed by atoms with van der Waals surface area (Å²) in [4.78, 5) is 2.72. The van der Waals surface area contributed by atoms with Crippen molar-refractivity contribution >= 4 is 0 Å². The van der Waals surface area contributed by atoms with Crippen LogP contribution in [0.25, 0.3) is 11.1 Å². The van der Waals surface area contributed by atoms with Crippen LogP contribution in [0.2, 0.25) is 0 Å². The minimum atomic E-state index is -0.207. The van der Waals surface area contributed by atoms with Crippen LogP contribution in [-0.4, -0.2) is 4.98 Å². The number of aromatic amines is 1. The summed E-state index contributed by atoms with van der Waals surface area (Å²) in [6.45, 7) is 0. The number of aromatic nitrogens is 1. The van der Waals surface area contributed by atoms with Gasteiger partial charge in [0.2, 0.25) is 0 Å². The zero-order valence-corrected chi connectivity index (χ0v) is 6.42. The molecule has 0 aliphatic rings. The van der Waals surface area contributed by atoms with Crippen LogP contribution in [0.4, 0.5) is 4.39 Å². The molecule has 0 fully saturated rings. The van der Waals surface area contributed by atoms with E-state index in [1.54, 1.807) is 6.20 Å². The third-order valence-electron chi connectivity index (χ3n) is 1.78. The lowest BCUT2D eigenvalue weighted by atomic mass is 10.1. The molecule has 2 aromatic rings. The largest absolute Gasteiger partial charge is 0.365 e. The van der Waals surface area contributed by atoms with E-state index >= 15 is 0 Å². The predicted molar refractivity (Wildman–Crippen MR) is 46.2 cm³/mol. The zero-order valence-electron chi connectivity index (χ0n) is 6.42. The molecule has 0 radical (unpaired) electrons. The molecule has 0 unspecified atom stereocenters. The van der Waals surface area contributed by atoms with E-state index < -0.39 is 0 Å². The van der Waals surface area contributed by atoms with Gasteiger partial charge in [0.15, 0.2) is 0 Å². The molecule has 0 saturated heterocycles. The molecule has 0 saturated carbocycles. The molecule has 1 N–H and O–H groups in total. The van der Waals surface area contributed by atoms with E-state index in [1.807, 2.05) is 30.3 Å². The molecule has 1 aromatic carbocycles. The first-order valence-corrected chi connectivity index (χ1v) is 3.75. The maximum atomic E-state index is 13.0. The minimum absolute atomic E-state index is 0.207. The van der Waals surface area contributed by atoms with Gasteiger partial charge in [0, 0.05) is 18.0 Å². The van der Waals surface area contributed by atoms with Gasteiger partial charge < -0.3 is 4.98 Å². The summed E-state index contributed by atoms with van der Waals surface area (Å²) in [6.07, 6.45) is 3.01. The average molecular weight is 161 g/mol. The number of H-pyrrole nitrogens is 1. The normalized spacial score (nSPS) is 10.1. The Morgan fingerprint density at radius 3 is 2.33 bits per heavy atom. The van der Waals surface area contributed by atoms with Crippen LogP contribution in [0.5, 0.6) is 0 Å². The molecule has 2 rings (SSSR count). The van der Waals surface area contributed by atoms with Crippen molar-refractivity contribution in [2.45, 2.75) is 0 Å². The summed E-state index contributed by atoms with van der Waals surface area (Å²) >= 11 is 0. The highest BCUT2D eigenvalue weighted by molar-refractivity contribution is 5.62. The summed E-state index contributed by atoms with van der Waals surface area (Å²) in [5, 5.41) is 0. The van der Waals surface area contributed by atoms with Gasteiger partial charge in [-0.2, -0.15) is 0 Å². The summed E-state index contributed by atoms with van der Waals surface area (Å²) < 4.78 is 13.0. The van der Waals surface area contributed by atoms with Gasteiger partial charge in [-0.25, -0.2) is 4.39 Å². The summed E-state index contributed by atoms with van der Waals surface area (Å²) in [7, 11) is 0. The van der Waals surface area contributed by atoms with Crippen LogP contribution in [0, 0.1) is 5.82 Å². The van der Waals surface area contributed by atoms with E-state index in [0.717, 1.165) is 5.56 Å². The van der Waals surface area contributed by atoms with Gasteiger partial charge in [0.05, 0.1) is 0 Å². The summed E-state index contributed by atoms with van der Waals surface area (Å²) in [6, 6.07) is 9.45. The zero-order chi connectivity index (χ0) is 8.39. The molecule has 0 atom stereocenters. The van der Waals surface area contributed by atoms with Gasteiger partial charge in [0.1, 0.15) is 5.82 Å². The first-order valence-electron chi connectivity index (χ1n) is 3.75. The maximum absolute atomic E-state index is 13.0. The monoisotopic (exact) mass is 161 g/mol. The molecule has 0 amide bonds. The van der Waals surface area contributed by atoms with Crippen molar-refractivity contribution in [2.75, 3.05) is 0 Å². The highest BCUT2D eigenvalue weighted by Gasteiger charge is 2.03. The van der Waals surface area contributed by atoms with Gasteiger partial charge in [-0.05, 0) is 5.56 Å². The van der Waals surface area contributed by atoms with Crippen molar-refractivity contribution in [2.24, 2.45) is 0 Å². The topological polar surface area (TPSA) is 15.8 Å². The second-order valence-electron chi connectivity index (χ2n) is 2.58. The summed E-state index contributed by atoms with van der Waals surface area (Å²) in [5.74, 6) is -0.207. The third kappa shape index (κ3) is 1.11. The highest BCUT2D eigenvalue weighted by Crippen LogP contribution is 2.20. The van der Waals surface area contributed by atoms with Gasteiger partial charge in [0.25, 0.3) is 0 Å². The molecular formula is C10H8FN. The van der Waals surface area contributed by atoms with Crippen molar-refractivity contribution in [1.82, 2.24) is 4.98 Å². The fraction of sp³-hybridized carbons (Fsp3) is 0. The lowest BCUT2D eigenvalue weighted by molar-refractivity contribution is 0.633. The number of halogens is 1. The first kappa shape index (κ1) is 7.10. The first-order chi connectivity index (χ1) is 5.88. The molecule has 0 aliphatic carbocycles. The van der Waals surface area contributed by atoms with Crippen molar-refractivity contribution < 1.29 is 4.39 Å². The molecule has 0 aliphatic heterocycles. The number of hydrogen-bond acceptors (Lipinski definition) is 0. The van der Waals surface area contributed by atoms with Crippen molar-refractivity contribution in [3.63, 3.8) is 0 Å². The molecule has 0 bridgehead atoms. The molecule has 1 aromatic heterocycles. The number of rotatable bonds is 1. The average Bonchev–Trinajstić information content (AvgIpc) is 2.53. The Balaban J connectivity index is 2.51. The fourth-order valence-electron chi connectivity index (χ4n) is 1.18. The van der Waals surface area contributed by atoms with E-state index in [4.69, 9.17) is 0 Å². The highest BCUT2D eigenvalue weighted by atomic mass is 19.1. The number of hydrogen-bond donors (Lipinski definition) is 1. The molecule has 2 heteroatoms. The van der Waals surface area contributed by atoms with Gasteiger partial charge in [-0.15, -0.1) is 0 Å². The predicted octanol–water partition coefficient (Wildman–Crippen LogP) is 2.82. The van der Waals surface area contributed by atoms with Gasteiger partial charge >= 0.3 is 0 Å². The van der Waals surface area contributed by atoms with Crippen LogP contribution in [-0.2, 0) is 0 Å². The summed E-state index contributed by atoms with van der Waals surface area (Å²) in [5.41, 5.74) is 1.52. The van der Waals surface area contributed by atoms with Crippen LogP contribution in [0.15, 0.2) is 42.7 Å². The Kier molecular flexibility index (Phi) is 1.67. The lowest BCUT2D eigenvalue weighted by Gasteiger charge is -1.95. The van der Waals surface area contributed by atoms with Crippen LogP contribution < -0.4 is 0 Å². The molecule has 1 heterocycles. The van der Waals surface area contributed by atoms with E-state index in [1.165, 1.54) is 6.20 Å². The minimum Gasteiger partial charge on any atom is -0.365 e. The second-order valence-corrected chi connectivity index (χ2v) is 2.58. The van der Waals surface area contributed by atoms with E-state index in [-0.39, 0.29) is 5.82 Å². The van der Waals surface area contributed by atoms with Gasteiger partial charge in [-0.1, -0.05) is 30.3 Å². The number of benzene rings is 1. The standard InChI is InChI=1S/C10H8FN/c11-10-7-12-6-9(10)8-4-2-1-3-5-8/h1-7,12H. The van der Waals surface area contributed by atoms with E-state index in [0.29, 0.717) is 5.56 Å². The maximum Gasteiger partial charge on any atom is 0.148 e. The van der Waals surface area contributed by atoms with E-state index in [2.05, 4.69) is 4.98 Å². The lowest BCUT2D eigenvalue weighted by Crippen LogP contribution is -1.75.